The van der Waals surface area contributed by atoms with Gasteiger partial charge in [0.2, 0.25) is 5.91 Å². The molecule has 1 saturated heterocycles. The molecule has 1 aliphatic heterocycles. The SMILES string of the molecule is C#CC(CC)NC(=O)C1(C)CCCS1. The van der Waals surface area contributed by atoms with Crippen molar-refractivity contribution in [1.29, 1.82) is 0 Å². The lowest BCUT2D eigenvalue weighted by molar-refractivity contribution is -0.123. The van der Waals surface area contributed by atoms with Crippen molar-refractivity contribution in [1.82, 2.24) is 5.32 Å². The first-order valence-electron chi connectivity index (χ1n) is 5.03. The molecule has 0 saturated carbocycles. The zero-order chi connectivity index (χ0) is 10.6. The van der Waals surface area contributed by atoms with E-state index in [2.05, 4.69) is 11.2 Å². The van der Waals surface area contributed by atoms with Crippen molar-refractivity contribution >= 4 is 17.7 Å². The van der Waals surface area contributed by atoms with Gasteiger partial charge in [0, 0.05) is 0 Å². The molecule has 0 aromatic rings. The summed E-state index contributed by atoms with van der Waals surface area (Å²) < 4.78 is -0.246. The number of rotatable bonds is 3. The molecule has 3 heteroatoms. The van der Waals surface area contributed by atoms with Crippen molar-refractivity contribution < 1.29 is 4.79 Å². The zero-order valence-corrected chi connectivity index (χ0v) is 9.62. The van der Waals surface area contributed by atoms with Gasteiger partial charge >= 0.3 is 0 Å². The highest BCUT2D eigenvalue weighted by molar-refractivity contribution is 8.01. The molecule has 1 aliphatic rings. The van der Waals surface area contributed by atoms with Gasteiger partial charge in [-0.2, -0.15) is 0 Å². The van der Waals surface area contributed by atoms with E-state index >= 15 is 0 Å². The zero-order valence-electron chi connectivity index (χ0n) is 8.80. The van der Waals surface area contributed by atoms with E-state index in [1.807, 2.05) is 13.8 Å². The first-order chi connectivity index (χ1) is 6.62. The molecule has 14 heavy (non-hydrogen) atoms. The summed E-state index contributed by atoms with van der Waals surface area (Å²) in [5.74, 6) is 3.76. The third-order valence-electron chi connectivity index (χ3n) is 2.61. The van der Waals surface area contributed by atoms with Crippen LogP contribution >= 0.6 is 11.8 Å². The van der Waals surface area contributed by atoms with Crippen LogP contribution in [0.2, 0.25) is 0 Å². The molecule has 2 nitrogen and oxygen atoms in total. The maximum Gasteiger partial charge on any atom is 0.236 e. The van der Waals surface area contributed by atoms with E-state index in [1.54, 1.807) is 11.8 Å². The van der Waals surface area contributed by atoms with Gasteiger partial charge < -0.3 is 5.32 Å². The number of carbonyl (C=O) groups is 1. The van der Waals surface area contributed by atoms with Gasteiger partial charge in [0.25, 0.3) is 0 Å². The number of hydrogen-bond acceptors (Lipinski definition) is 2. The van der Waals surface area contributed by atoms with Gasteiger partial charge in [0.05, 0.1) is 10.8 Å². The molecule has 0 spiro atoms. The van der Waals surface area contributed by atoms with Gasteiger partial charge in [0.15, 0.2) is 0 Å². The average Bonchev–Trinajstić information content (AvgIpc) is 2.62. The second-order valence-corrected chi connectivity index (χ2v) is 5.38. The Hall–Kier alpha value is -0.620. The Morgan fingerprint density at radius 3 is 2.93 bits per heavy atom. The second kappa shape index (κ2) is 4.75. The molecule has 1 heterocycles. The van der Waals surface area contributed by atoms with E-state index in [0.29, 0.717) is 0 Å². The predicted octanol–water partition coefficient (Wildman–Crippen LogP) is 1.80. The van der Waals surface area contributed by atoms with Gasteiger partial charge in [-0.1, -0.05) is 12.8 Å². The predicted molar refractivity (Wildman–Crippen MR) is 61.2 cm³/mol. The topological polar surface area (TPSA) is 29.1 Å². The molecule has 0 aromatic heterocycles. The third kappa shape index (κ3) is 2.45. The minimum atomic E-state index is -0.246. The Labute approximate surface area is 90.2 Å². The molecule has 0 aromatic carbocycles. The van der Waals surface area contributed by atoms with Crippen LogP contribution in [-0.2, 0) is 4.79 Å². The van der Waals surface area contributed by atoms with Gasteiger partial charge in [-0.15, -0.1) is 18.2 Å². The van der Waals surface area contributed by atoms with Crippen LogP contribution in [-0.4, -0.2) is 22.4 Å². The summed E-state index contributed by atoms with van der Waals surface area (Å²) in [7, 11) is 0. The number of terminal acetylenes is 1. The maximum absolute atomic E-state index is 11.9. The summed E-state index contributed by atoms with van der Waals surface area (Å²) in [6.45, 7) is 3.98. The minimum absolute atomic E-state index is 0.102. The summed E-state index contributed by atoms with van der Waals surface area (Å²) >= 11 is 1.74. The molecule has 1 N–H and O–H groups in total. The van der Waals surface area contributed by atoms with Gasteiger partial charge in [-0.05, 0) is 31.9 Å². The molecule has 0 bridgehead atoms. The largest absolute Gasteiger partial charge is 0.341 e. The number of carbonyl (C=O) groups excluding carboxylic acids is 1. The molecule has 0 radical (unpaired) electrons. The number of amides is 1. The van der Waals surface area contributed by atoms with Crippen LogP contribution in [0.1, 0.15) is 33.1 Å². The summed E-state index contributed by atoms with van der Waals surface area (Å²) in [6, 6.07) is -0.111. The normalized spacial score (nSPS) is 28.1. The first-order valence-corrected chi connectivity index (χ1v) is 6.02. The average molecular weight is 211 g/mol. The summed E-state index contributed by atoms with van der Waals surface area (Å²) in [5.41, 5.74) is 0. The second-order valence-electron chi connectivity index (χ2n) is 3.78. The van der Waals surface area contributed by atoms with E-state index in [1.165, 1.54) is 0 Å². The van der Waals surface area contributed by atoms with Crippen molar-refractivity contribution in [2.45, 2.75) is 43.9 Å². The lowest BCUT2D eigenvalue weighted by atomic mass is 10.0. The lowest BCUT2D eigenvalue weighted by Crippen LogP contribution is -2.44. The van der Waals surface area contributed by atoms with Gasteiger partial charge in [0.1, 0.15) is 0 Å². The standard InChI is InChI=1S/C11H17NOS/c1-4-9(5-2)12-10(13)11(3)7-6-8-14-11/h1,9H,5-8H2,2-3H3,(H,12,13). The molecule has 78 valence electrons. The van der Waals surface area contributed by atoms with E-state index in [-0.39, 0.29) is 16.7 Å². The van der Waals surface area contributed by atoms with Gasteiger partial charge in [-0.3, -0.25) is 4.79 Å². The highest BCUT2D eigenvalue weighted by Gasteiger charge is 2.37. The fraction of sp³-hybridized carbons (Fsp3) is 0.727. The lowest BCUT2D eigenvalue weighted by Gasteiger charge is -2.23. The van der Waals surface area contributed by atoms with Crippen LogP contribution in [0.5, 0.6) is 0 Å². The Kier molecular flexibility index (Phi) is 3.88. The van der Waals surface area contributed by atoms with Gasteiger partial charge in [-0.25, -0.2) is 0 Å². The smallest absolute Gasteiger partial charge is 0.236 e. The fourth-order valence-electron chi connectivity index (χ4n) is 1.53. The Morgan fingerprint density at radius 2 is 2.50 bits per heavy atom. The van der Waals surface area contributed by atoms with Crippen molar-refractivity contribution in [2.24, 2.45) is 0 Å². The molecule has 0 aliphatic carbocycles. The maximum atomic E-state index is 11.9. The van der Waals surface area contributed by atoms with Crippen LogP contribution in [0.25, 0.3) is 0 Å². The molecule has 1 fully saturated rings. The molecular formula is C11H17NOS. The Morgan fingerprint density at radius 1 is 1.79 bits per heavy atom. The van der Waals surface area contributed by atoms with E-state index < -0.39 is 0 Å². The number of hydrogen-bond donors (Lipinski definition) is 1. The number of nitrogens with one attached hydrogen (secondary N) is 1. The summed E-state index contributed by atoms with van der Waals surface area (Å²) in [6.07, 6.45) is 8.19. The van der Waals surface area contributed by atoms with Crippen molar-refractivity contribution in [3.8, 4) is 12.3 Å². The Balaban J connectivity index is 2.53. The van der Waals surface area contributed by atoms with Crippen LogP contribution in [0, 0.1) is 12.3 Å². The summed E-state index contributed by atoms with van der Waals surface area (Å²) in [5, 5.41) is 2.90. The van der Waals surface area contributed by atoms with Crippen molar-refractivity contribution in [3.63, 3.8) is 0 Å². The fourth-order valence-corrected chi connectivity index (χ4v) is 2.75. The van der Waals surface area contributed by atoms with E-state index in [9.17, 15) is 4.79 Å². The van der Waals surface area contributed by atoms with Crippen LogP contribution < -0.4 is 5.32 Å². The van der Waals surface area contributed by atoms with Crippen molar-refractivity contribution in [3.05, 3.63) is 0 Å². The van der Waals surface area contributed by atoms with Crippen molar-refractivity contribution in [2.75, 3.05) is 5.75 Å². The quantitative estimate of drug-likeness (QED) is 0.721. The summed E-state index contributed by atoms with van der Waals surface area (Å²) in [4.78, 5) is 11.9. The molecule has 1 rings (SSSR count). The van der Waals surface area contributed by atoms with Crippen LogP contribution in [0.3, 0.4) is 0 Å². The number of thioether (sulfide) groups is 1. The molecular weight excluding hydrogens is 194 g/mol. The van der Waals surface area contributed by atoms with Crippen LogP contribution in [0.15, 0.2) is 0 Å². The third-order valence-corrected chi connectivity index (χ3v) is 4.13. The molecule has 2 unspecified atom stereocenters. The Bertz CT molecular complexity index is 251. The first kappa shape index (κ1) is 11.5. The monoisotopic (exact) mass is 211 g/mol. The van der Waals surface area contributed by atoms with Crippen LogP contribution in [0.4, 0.5) is 0 Å². The minimum Gasteiger partial charge on any atom is -0.341 e. The van der Waals surface area contributed by atoms with E-state index in [0.717, 1.165) is 25.0 Å². The molecule has 2 atom stereocenters. The molecule has 1 amide bonds. The highest BCUT2D eigenvalue weighted by atomic mass is 32.2. The highest BCUT2D eigenvalue weighted by Crippen LogP contribution is 2.37. The van der Waals surface area contributed by atoms with E-state index in [4.69, 9.17) is 6.42 Å².